The fraction of sp³-hybridized carbons (Fsp3) is 0.769. The quantitative estimate of drug-likeness (QED) is 0.530. The minimum Gasteiger partial charge on any atom is -0.459 e. The van der Waals surface area contributed by atoms with E-state index in [1.54, 1.807) is 33.3 Å². The van der Waals surface area contributed by atoms with Crippen molar-refractivity contribution >= 4 is 41.3 Å². The molecule has 0 aliphatic carbocycles. The van der Waals surface area contributed by atoms with E-state index in [2.05, 4.69) is 0 Å². The summed E-state index contributed by atoms with van der Waals surface area (Å²) in [6.45, 7) is 1.01. The van der Waals surface area contributed by atoms with Crippen LogP contribution < -0.4 is 0 Å². The van der Waals surface area contributed by atoms with E-state index in [-0.39, 0.29) is 40.6 Å². The van der Waals surface area contributed by atoms with Crippen molar-refractivity contribution < 1.29 is 19.1 Å². The van der Waals surface area contributed by atoms with Gasteiger partial charge in [0.15, 0.2) is 0 Å². The van der Waals surface area contributed by atoms with Gasteiger partial charge in [-0.2, -0.15) is 0 Å². The number of nitrogens with zero attached hydrogens (tertiary/aromatic N) is 2. The molecule has 0 aromatic carbocycles. The van der Waals surface area contributed by atoms with Crippen LogP contribution in [0.15, 0.2) is 0 Å². The Balaban J connectivity index is 1.31. The van der Waals surface area contributed by atoms with Crippen molar-refractivity contribution in [2.45, 2.75) is 29.7 Å². The molecule has 4 heterocycles. The van der Waals surface area contributed by atoms with E-state index in [9.17, 15) is 14.4 Å². The van der Waals surface area contributed by atoms with Crippen LogP contribution in [0.3, 0.4) is 0 Å². The Kier molecular flexibility index (Phi) is 3.33. The maximum absolute atomic E-state index is 12.3. The lowest BCUT2D eigenvalue weighted by Gasteiger charge is -2.47. The number of β-lactam (4-membered cyclic amide) rings is 2. The molecule has 6 nitrogen and oxygen atoms in total. The lowest BCUT2D eigenvalue weighted by Crippen LogP contribution is -2.59. The highest BCUT2D eigenvalue weighted by molar-refractivity contribution is 8.00. The molecule has 4 atom stereocenters. The molecule has 0 bridgehead atoms. The first kappa shape index (κ1) is 13.8. The van der Waals surface area contributed by atoms with Crippen LogP contribution >= 0.6 is 23.5 Å². The first-order valence-corrected chi connectivity index (χ1v) is 9.24. The summed E-state index contributed by atoms with van der Waals surface area (Å²) in [6.07, 6.45) is 1.01. The zero-order valence-corrected chi connectivity index (χ0v) is 13.0. The predicted molar refractivity (Wildman–Crippen MR) is 78.5 cm³/mol. The molecule has 4 fully saturated rings. The molecule has 114 valence electrons. The first-order chi connectivity index (χ1) is 10.1. The molecule has 8 heteroatoms. The topological polar surface area (TPSA) is 66.9 Å². The Morgan fingerprint density at radius 3 is 2.29 bits per heavy atom. The third-order valence-corrected chi connectivity index (χ3v) is 7.20. The Bertz CT molecular complexity index is 514. The van der Waals surface area contributed by atoms with Gasteiger partial charge in [0, 0.05) is 18.1 Å². The average molecular weight is 328 g/mol. The fourth-order valence-electron chi connectivity index (χ4n) is 3.07. The van der Waals surface area contributed by atoms with Gasteiger partial charge in [0.1, 0.15) is 6.10 Å². The molecule has 0 aromatic heterocycles. The molecule has 2 amide bonds. The fourth-order valence-corrected chi connectivity index (χ4v) is 5.66. The van der Waals surface area contributed by atoms with Gasteiger partial charge < -0.3 is 14.5 Å². The first-order valence-electron chi connectivity index (χ1n) is 7.14. The second kappa shape index (κ2) is 5.08. The Morgan fingerprint density at radius 1 is 1.00 bits per heavy atom. The van der Waals surface area contributed by atoms with Crippen LogP contribution in [-0.4, -0.2) is 69.0 Å². The molecule has 4 saturated heterocycles. The summed E-state index contributed by atoms with van der Waals surface area (Å²) >= 11 is 3.35. The van der Waals surface area contributed by atoms with Crippen LogP contribution in [0.4, 0.5) is 0 Å². The molecule has 0 spiro atoms. The van der Waals surface area contributed by atoms with Crippen molar-refractivity contribution in [1.29, 1.82) is 0 Å². The molecule has 0 saturated carbocycles. The van der Waals surface area contributed by atoms with Gasteiger partial charge in [0.05, 0.1) is 36.1 Å². The highest BCUT2D eigenvalue weighted by Gasteiger charge is 2.45. The molecule has 4 aliphatic heterocycles. The van der Waals surface area contributed by atoms with Gasteiger partial charge in [0.25, 0.3) is 0 Å². The maximum Gasteiger partial charge on any atom is 0.311 e. The van der Waals surface area contributed by atoms with E-state index < -0.39 is 0 Å². The number of hydrogen-bond donors (Lipinski definition) is 0. The number of thioether (sulfide) groups is 2. The van der Waals surface area contributed by atoms with Crippen molar-refractivity contribution in [2.24, 2.45) is 5.92 Å². The Morgan fingerprint density at radius 2 is 1.62 bits per heavy atom. The van der Waals surface area contributed by atoms with Crippen molar-refractivity contribution in [1.82, 2.24) is 9.80 Å². The monoisotopic (exact) mass is 328 g/mol. The number of ether oxygens (including phenoxy) is 1. The van der Waals surface area contributed by atoms with Gasteiger partial charge in [-0.25, -0.2) is 0 Å². The van der Waals surface area contributed by atoms with Crippen molar-refractivity contribution in [3.63, 3.8) is 0 Å². The largest absolute Gasteiger partial charge is 0.459 e. The van der Waals surface area contributed by atoms with E-state index in [0.29, 0.717) is 25.9 Å². The number of esters is 1. The number of fused-ring (bicyclic) bond motifs is 2. The SMILES string of the molecule is O=C(OC1CS[C@@H]2CC(=O)N2C1)C1CS[C@@H]2CC(=O)N2C1. The minimum atomic E-state index is -0.231. The molecule has 0 radical (unpaired) electrons. The molecular weight excluding hydrogens is 312 g/mol. The molecule has 2 unspecified atom stereocenters. The standard InChI is InChI=1S/C13H16N2O4S2/c16-9-1-11-14(9)3-7(5-20-11)13(18)19-8-4-15-10(17)2-12(15)21-6-8/h7-8,11-12H,1-6H2/t7?,8?,11-,12-/m1/s1. The predicted octanol–water partition coefficient (Wildman–Crippen LogP) is 0.125. The third-order valence-electron chi connectivity index (χ3n) is 4.43. The van der Waals surface area contributed by atoms with Gasteiger partial charge >= 0.3 is 5.97 Å². The van der Waals surface area contributed by atoms with Crippen LogP contribution in [0.25, 0.3) is 0 Å². The molecule has 4 rings (SSSR count). The Labute approximate surface area is 130 Å². The molecule has 0 aromatic rings. The summed E-state index contributed by atoms with van der Waals surface area (Å²) in [5.74, 6) is 1.30. The van der Waals surface area contributed by atoms with Crippen molar-refractivity contribution in [2.75, 3.05) is 24.6 Å². The van der Waals surface area contributed by atoms with Crippen LogP contribution in [0.5, 0.6) is 0 Å². The number of rotatable bonds is 2. The summed E-state index contributed by atoms with van der Waals surface area (Å²) in [5.41, 5.74) is 0. The van der Waals surface area contributed by atoms with E-state index in [0.717, 1.165) is 11.5 Å². The second-order valence-corrected chi connectivity index (χ2v) is 8.25. The zero-order chi connectivity index (χ0) is 14.6. The molecule has 21 heavy (non-hydrogen) atoms. The zero-order valence-electron chi connectivity index (χ0n) is 11.4. The van der Waals surface area contributed by atoms with Crippen molar-refractivity contribution in [3.8, 4) is 0 Å². The van der Waals surface area contributed by atoms with Crippen LogP contribution in [0.2, 0.25) is 0 Å². The van der Waals surface area contributed by atoms with Gasteiger partial charge in [-0.05, 0) is 0 Å². The van der Waals surface area contributed by atoms with E-state index in [1.165, 1.54) is 0 Å². The van der Waals surface area contributed by atoms with E-state index in [1.807, 2.05) is 0 Å². The summed E-state index contributed by atoms with van der Waals surface area (Å²) < 4.78 is 5.57. The lowest BCUT2D eigenvalue weighted by atomic mass is 10.1. The smallest absolute Gasteiger partial charge is 0.311 e. The van der Waals surface area contributed by atoms with Gasteiger partial charge in [-0.1, -0.05) is 0 Å². The summed E-state index contributed by atoms with van der Waals surface area (Å²) in [5, 5.41) is 0.559. The normalized spacial score (nSPS) is 38.1. The van der Waals surface area contributed by atoms with E-state index in [4.69, 9.17) is 4.74 Å². The second-order valence-electron chi connectivity index (χ2n) is 5.83. The van der Waals surface area contributed by atoms with Crippen LogP contribution in [0.1, 0.15) is 12.8 Å². The maximum atomic E-state index is 12.3. The average Bonchev–Trinajstić information content (AvgIpc) is 2.46. The van der Waals surface area contributed by atoms with Gasteiger partial charge in [-0.3, -0.25) is 14.4 Å². The summed E-state index contributed by atoms with van der Waals surface area (Å²) in [4.78, 5) is 38.7. The number of carbonyl (C=O) groups is 3. The third kappa shape index (κ3) is 2.32. The Hall–Kier alpha value is -0.890. The van der Waals surface area contributed by atoms with Crippen molar-refractivity contribution in [3.05, 3.63) is 0 Å². The van der Waals surface area contributed by atoms with E-state index >= 15 is 0 Å². The molecule has 0 N–H and O–H groups in total. The minimum absolute atomic E-state index is 0.132. The number of amides is 2. The number of carbonyl (C=O) groups excluding carboxylic acids is 3. The highest BCUT2D eigenvalue weighted by Crippen LogP contribution is 2.38. The van der Waals surface area contributed by atoms with Crippen LogP contribution in [0, 0.1) is 5.92 Å². The van der Waals surface area contributed by atoms with Gasteiger partial charge in [-0.15, -0.1) is 23.5 Å². The number of hydrogen-bond acceptors (Lipinski definition) is 6. The summed E-state index contributed by atoms with van der Waals surface area (Å²) in [6, 6.07) is 0. The molecule has 4 aliphatic rings. The lowest BCUT2D eigenvalue weighted by molar-refractivity contribution is -0.160. The van der Waals surface area contributed by atoms with Gasteiger partial charge in [0.2, 0.25) is 11.8 Å². The van der Waals surface area contributed by atoms with Crippen LogP contribution in [-0.2, 0) is 19.1 Å². The highest BCUT2D eigenvalue weighted by atomic mass is 32.2. The summed E-state index contributed by atoms with van der Waals surface area (Å²) in [7, 11) is 0. The molecular formula is C13H16N2O4S2.